The van der Waals surface area contributed by atoms with Gasteiger partial charge in [0.1, 0.15) is 37.3 Å². The minimum atomic E-state index is -1.65. The van der Waals surface area contributed by atoms with Gasteiger partial charge in [-0.1, -0.05) is 130 Å². The number of benzene rings is 1. The first kappa shape index (κ1) is 54.2. The minimum absolute atomic E-state index is 0.0465. The summed E-state index contributed by atoms with van der Waals surface area (Å²) in [5.41, 5.74) is 0.687. The first-order valence-electron chi connectivity index (χ1n) is 21.8. The van der Waals surface area contributed by atoms with Crippen LogP contribution in [-0.2, 0) is 40.1 Å². The van der Waals surface area contributed by atoms with Gasteiger partial charge in [0.2, 0.25) is 29.5 Å². The van der Waals surface area contributed by atoms with Crippen molar-refractivity contribution in [3.63, 3.8) is 0 Å². The van der Waals surface area contributed by atoms with Crippen molar-refractivity contribution >= 4 is 41.6 Å². The summed E-state index contributed by atoms with van der Waals surface area (Å²) in [5, 5.41) is 42.4. The summed E-state index contributed by atoms with van der Waals surface area (Å²) in [6.45, 7) is 10.9. The summed E-state index contributed by atoms with van der Waals surface area (Å²) in [6.07, 6.45) is 6.53. The highest BCUT2D eigenvalue weighted by Gasteiger charge is 2.37. The molecule has 0 bridgehead atoms. The Kier molecular flexibility index (Phi) is 26.2. The van der Waals surface area contributed by atoms with Crippen molar-refractivity contribution in [2.75, 3.05) is 20.1 Å². The number of carboxylic acid groups (broad SMARTS) is 1. The topological polar surface area (TPSA) is 253 Å². The van der Waals surface area contributed by atoms with Crippen molar-refractivity contribution in [1.82, 2.24) is 31.5 Å². The zero-order chi connectivity index (χ0) is 46.1. The highest BCUT2D eigenvalue weighted by molar-refractivity contribution is 5.96. The second-order valence-corrected chi connectivity index (χ2v) is 16.4. The summed E-state index contributed by atoms with van der Waals surface area (Å²) in [5.74, 6) is -6.59. The van der Waals surface area contributed by atoms with Gasteiger partial charge in [-0.25, -0.2) is 4.79 Å². The lowest BCUT2D eigenvalue weighted by atomic mass is 9.94. The van der Waals surface area contributed by atoms with Crippen LogP contribution in [0.25, 0.3) is 0 Å². The summed E-state index contributed by atoms with van der Waals surface area (Å²) >= 11 is 0. The molecular formula is C44H74N6O11. The van der Waals surface area contributed by atoms with Gasteiger partial charge < -0.3 is 51.5 Å². The molecule has 17 nitrogen and oxygen atoms in total. The van der Waals surface area contributed by atoms with Gasteiger partial charge in [-0.05, 0) is 37.2 Å². The molecule has 346 valence electrons. The van der Waals surface area contributed by atoms with Crippen LogP contribution in [0.1, 0.15) is 125 Å². The van der Waals surface area contributed by atoms with E-state index >= 15 is 0 Å². The van der Waals surface area contributed by atoms with Crippen LogP contribution in [0, 0.1) is 17.8 Å². The average molecular weight is 863 g/mol. The largest absolute Gasteiger partial charge is 0.480 e. The Balaban J connectivity index is 3.24. The van der Waals surface area contributed by atoms with Crippen molar-refractivity contribution in [3.05, 3.63) is 35.9 Å². The Morgan fingerprint density at radius 2 is 1.31 bits per heavy atom. The molecule has 0 unspecified atom stereocenters. The summed E-state index contributed by atoms with van der Waals surface area (Å²) in [4.78, 5) is 93.4. The lowest BCUT2D eigenvalue weighted by Gasteiger charge is -2.34. The molecule has 8 atom stereocenters. The number of aliphatic hydroxyl groups excluding tert-OH is 2. The maximum Gasteiger partial charge on any atom is 0.407 e. The maximum atomic E-state index is 14.1. The number of alkyl carbamates (subject to hydrolysis) is 1. The van der Waals surface area contributed by atoms with Gasteiger partial charge in [0.25, 0.3) is 0 Å². The SMILES string of the molecule is CCCCCCCCCC[C@@H](O)[C@@H](C)C(=O)N(C)[C@@H](CC(C)C)C(=O)N[C@H](C(=O)N[C@@H](CNC(=O)OCc1ccccc1)C(=O)N[C@H](C(=O)NCC(=O)O)[C@H](C)O)[C@H](C)CC. The summed E-state index contributed by atoms with van der Waals surface area (Å²) < 4.78 is 5.25. The van der Waals surface area contributed by atoms with Gasteiger partial charge in [0, 0.05) is 7.05 Å². The number of rotatable bonds is 30. The summed E-state index contributed by atoms with van der Waals surface area (Å²) in [7, 11) is 1.50. The van der Waals surface area contributed by atoms with E-state index in [1.54, 1.807) is 51.1 Å². The van der Waals surface area contributed by atoms with Gasteiger partial charge >= 0.3 is 12.1 Å². The fraction of sp³-hybridized carbons (Fsp3) is 0.705. The number of hydrogen-bond donors (Lipinski definition) is 8. The van der Waals surface area contributed by atoms with Crippen LogP contribution in [0.3, 0.4) is 0 Å². The third-order valence-corrected chi connectivity index (χ3v) is 10.7. The highest BCUT2D eigenvalue weighted by atomic mass is 16.5. The van der Waals surface area contributed by atoms with Gasteiger partial charge in [-0.15, -0.1) is 0 Å². The Morgan fingerprint density at radius 3 is 1.87 bits per heavy atom. The van der Waals surface area contributed by atoms with E-state index in [-0.39, 0.29) is 18.9 Å². The Hall–Kier alpha value is -4.77. The standard InChI is InChI=1S/C44H74N6O11/c1-9-11-12-13-14-15-16-20-23-35(52)30(6)43(59)50(8)34(24-28(3)4)40(56)48-37(29(5)10-2)42(58)47-33(25-46-44(60)61-27-32-21-18-17-19-22-32)39(55)49-38(31(7)51)41(57)45-26-36(53)54/h17-19,21-22,28-31,33-35,37-38,51-52H,9-16,20,23-27H2,1-8H3,(H,45,57)(H,46,60)(H,47,58)(H,48,56)(H,49,55)(H,53,54)/t29-,30-,31+,33+,34+,35-,37+,38+/m1/s1. The van der Waals surface area contributed by atoms with Crippen molar-refractivity contribution < 1.29 is 53.6 Å². The lowest BCUT2D eigenvalue weighted by molar-refractivity contribution is -0.146. The first-order chi connectivity index (χ1) is 28.8. The van der Waals surface area contributed by atoms with Crippen LogP contribution < -0.4 is 26.6 Å². The first-order valence-corrected chi connectivity index (χ1v) is 21.8. The quantitative estimate of drug-likeness (QED) is 0.0521. The van der Waals surface area contributed by atoms with E-state index in [2.05, 4.69) is 33.5 Å². The lowest BCUT2D eigenvalue weighted by Crippen LogP contribution is -2.62. The molecule has 0 radical (unpaired) electrons. The molecule has 0 aliphatic carbocycles. The van der Waals surface area contributed by atoms with Crippen LogP contribution in [-0.4, -0.2) is 118 Å². The number of aliphatic hydroxyl groups is 2. The smallest absolute Gasteiger partial charge is 0.407 e. The molecule has 1 aromatic carbocycles. The predicted octanol–water partition coefficient (Wildman–Crippen LogP) is 3.40. The highest BCUT2D eigenvalue weighted by Crippen LogP contribution is 2.20. The van der Waals surface area contributed by atoms with E-state index in [9.17, 15) is 43.8 Å². The number of carbonyl (C=O) groups excluding carboxylic acids is 6. The fourth-order valence-electron chi connectivity index (χ4n) is 6.58. The summed E-state index contributed by atoms with van der Waals surface area (Å²) in [6, 6.07) is 3.29. The van der Waals surface area contributed by atoms with Crippen LogP contribution in [0.15, 0.2) is 30.3 Å². The molecule has 0 aromatic heterocycles. The molecule has 0 aliphatic rings. The molecule has 1 aromatic rings. The van der Waals surface area contributed by atoms with Crippen LogP contribution in [0.2, 0.25) is 0 Å². The zero-order valence-electron chi connectivity index (χ0n) is 37.5. The van der Waals surface area contributed by atoms with Gasteiger partial charge in [-0.2, -0.15) is 0 Å². The van der Waals surface area contributed by atoms with E-state index in [0.717, 1.165) is 25.7 Å². The second kappa shape index (κ2) is 29.5. The Bertz CT molecular complexity index is 1510. The Labute approximate surface area is 361 Å². The number of unbranched alkanes of at least 4 members (excludes halogenated alkanes) is 7. The zero-order valence-corrected chi connectivity index (χ0v) is 37.5. The average Bonchev–Trinajstić information content (AvgIpc) is 3.23. The maximum absolute atomic E-state index is 14.1. The van der Waals surface area contributed by atoms with Crippen molar-refractivity contribution in [3.8, 4) is 0 Å². The number of likely N-dealkylation sites (N-methyl/N-ethyl adjacent to an activating group) is 1. The molecular weight excluding hydrogens is 789 g/mol. The normalized spacial score (nSPS) is 15.1. The van der Waals surface area contributed by atoms with Crippen molar-refractivity contribution in [1.29, 1.82) is 0 Å². The van der Waals surface area contributed by atoms with Crippen molar-refractivity contribution in [2.45, 2.75) is 162 Å². The number of nitrogens with zero attached hydrogens (tertiary/aromatic N) is 1. The van der Waals surface area contributed by atoms with Crippen LogP contribution >= 0.6 is 0 Å². The van der Waals surface area contributed by atoms with Crippen LogP contribution in [0.4, 0.5) is 4.79 Å². The van der Waals surface area contributed by atoms with Gasteiger partial charge in [0.15, 0.2) is 0 Å². The van der Waals surface area contributed by atoms with Gasteiger partial charge in [0.05, 0.1) is 24.7 Å². The number of hydrogen-bond acceptors (Lipinski definition) is 10. The third-order valence-electron chi connectivity index (χ3n) is 10.7. The molecule has 0 fully saturated rings. The van der Waals surface area contributed by atoms with E-state index in [1.165, 1.54) is 44.6 Å². The second-order valence-electron chi connectivity index (χ2n) is 16.4. The molecule has 0 saturated heterocycles. The Morgan fingerprint density at radius 1 is 0.721 bits per heavy atom. The molecule has 0 heterocycles. The third kappa shape index (κ3) is 21.0. The minimum Gasteiger partial charge on any atom is -0.480 e. The van der Waals surface area contributed by atoms with E-state index in [4.69, 9.17) is 9.84 Å². The number of nitrogens with one attached hydrogen (secondary N) is 5. The predicted molar refractivity (Wildman–Crippen MR) is 231 cm³/mol. The molecule has 17 heteroatoms. The molecule has 0 aliphatic heterocycles. The molecule has 1 rings (SSSR count). The van der Waals surface area contributed by atoms with E-state index < -0.39 is 103 Å². The van der Waals surface area contributed by atoms with E-state index in [1.807, 2.05) is 13.8 Å². The number of aliphatic carboxylic acids is 1. The number of carboxylic acids is 1. The van der Waals surface area contributed by atoms with Crippen LogP contribution in [0.5, 0.6) is 0 Å². The molecule has 0 saturated carbocycles. The fourth-order valence-corrected chi connectivity index (χ4v) is 6.58. The van der Waals surface area contributed by atoms with E-state index in [0.29, 0.717) is 18.4 Å². The number of ether oxygens (including phenoxy) is 1. The number of amides is 6. The molecule has 6 amide bonds. The van der Waals surface area contributed by atoms with Gasteiger partial charge in [-0.3, -0.25) is 28.8 Å². The molecule has 61 heavy (non-hydrogen) atoms. The number of carbonyl (C=O) groups is 7. The monoisotopic (exact) mass is 863 g/mol. The molecule has 0 spiro atoms. The molecule has 8 N–H and O–H groups in total. The van der Waals surface area contributed by atoms with Crippen molar-refractivity contribution in [2.24, 2.45) is 17.8 Å².